The summed E-state index contributed by atoms with van der Waals surface area (Å²) in [5.74, 6) is -2.84. The van der Waals surface area contributed by atoms with E-state index in [2.05, 4.69) is 61.5 Å². The average molecular weight is 1670 g/mol. The van der Waals surface area contributed by atoms with Crippen LogP contribution in [-0.2, 0) is 76.0 Å². The van der Waals surface area contributed by atoms with Gasteiger partial charge in [0.15, 0.2) is 42.8 Å². The Bertz CT molecular complexity index is 4050. The van der Waals surface area contributed by atoms with Gasteiger partial charge in [0, 0.05) is 23.7 Å². The number of esters is 2. The number of ether oxygens (including phenoxy) is 12. The SMILES string of the molecule is CC(=O)OC1CC2(C)C(c3ccoc3)CC3OC32C2(C)C(=O)C(O)=C3C(C)(C)C(=O)C=CC3(C)C12.CC1OC(OC2CCC3(C)C(CCC4(C)C3CC=C3C5CC(C)(C)CCC5(C(=O)OC5OCC(O)C(O)C5OC5OC(C)C(OC6OC(CO)C(O)C(O)C6O)C(O)C5O)C(O)CC34C)C2(C)C)C(O)C(O)C1OC1OCC(O)C(O)C1O. The number of carbonyl (C=O) groups is 4. The quantitative estimate of drug-likeness (QED) is 0.0584. The summed E-state index contributed by atoms with van der Waals surface area (Å²) in [7, 11) is 0. The van der Waals surface area contributed by atoms with Gasteiger partial charge in [0.25, 0.3) is 0 Å². The molecule has 7 heterocycles. The lowest BCUT2D eigenvalue weighted by Gasteiger charge is -2.71. The van der Waals surface area contributed by atoms with Crippen LogP contribution in [0.25, 0.3) is 0 Å². The highest BCUT2D eigenvalue weighted by molar-refractivity contribution is 6.06. The Morgan fingerprint density at radius 1 is 0.593 bits per heavy atom. The number of Topliss-reactive ketones (excluding diaryl/α,β-unsaturated/α-hetero) is 1. The molecule has 118 heavy (non-hydrogen) atoms. The third kappa shape index (κ3) is 13.0. The molecule has 662 valence electrons. The van der Waals surface area contributed by atoms with Crippen molar-refractivity contribution in [2.45, 2.75) is 352 Å². The molecule has 1 aromatic rings. The minimum atomic E-state index is -1.93. The van der Waals surface area contributed by atoms with Crippen LogP contribution in [0, 0.1) is 77.8 Å². The van der Waals surface area contributed by atoms with Crippen LogP contribution >= 0.6 is 0 Å². The lowest BCUT2D eigenvalue weighted by atomic mass is 9.33. The highest BCUT2D eigenvalue weighted by Gasteiger charge is 2.89. The van der Waals surface area contributed by atoms with Crippen molar-refractivity contribution in [3.05, 3.63) is 59.3 Å². The van der Waals surface area contributed by atoms with Gasteiger partial charge in [0.2, 0.25) is 12.1 Å². The van der Waals surface area contributed by atoms with E-state index in [1.165, 1.54) is 13.8 Å². The first-order valence-electron chi connectivity index (χ1n) is 42.3. The summed E-state index contributed by atoms with van der Waals surface area (Å²) in [4.78, 5) is 55.0. The summed E-state index contributed by atoms with van der Waals surface area (Å²) in [5, 5.41) is 164. The minimum absolute atomic E-state index is 0.0453. The topological polar surface area (TPSA) is 499 Å². The van der Waals surface area contributed by atoms with Gasteiger partial charge in [-0.2, -0.15) is 0 Å². The molecule has 1 aromatic heterocycles. The van der Waals surface area contributed by atoms with Crippen LogP contribution in [0.2, 0.25) is 0 Å². The van der Waals surface area contributed by atoms with Gasteiger partial charge in [-0.25, -0.2) is 0 Å². The summed E-state index contributed by atoms with van der Waals surface area (Å²) in [6.07, 6.45) is -22.1. The van der Waals surface area contributed by atoms with Crippen molar-refractivity contribution in [2.75, 3.05) is 19.8 Å². The molecular weight excluding hydrogens is 1540 g/mol. The van der Waals surface area contributed by atoms with E-state index < -0.39 is 246 Å². The Balaban J connectivity index is 0.000000257. The summed E-state index contributed by atoms with van der Waals surface area (Å²) >= 11 is 0. The smallest absolute Gasteiger partial charge is 0.317 e. The number of hydrogen-bond acceptors (Lipinski definition) is 32. The summed E-state index contributed by atoms with van der Waals surface area (Å²) < 4.78 is 77.5. The molecule has 6 aliphatic heterocycles. The van der Waals surface area contributed by atoms with Crippen molar-refractivity contribution in [3.63, 3.8) is 0 Å². The second-order valence-electron chi connectivity index (χ2n) is 40.6. The lowest BCUT2D eigenvalue weighted by molar-refractivity contribution is -0.374. The van der Waals surface area contributed by atoms with Gasteiger partial charge in [-0.05, 0) is 179 Å². The first-order chi connectivity index (χ1) is 55.0. The maximum atomic E-state index is 15.4. The van der Waals surface area contributed by atoms with Crippen LogP contribution in [0.1, 0.15) is 186 Å². The largest absolute Gasteiger partial charge is 0.504 e. The lowest BCUT2D eigenvalue weighted by Crippen LogP contribution is -2.70. The van der Waals surface area contributed by atoms with Gasteiger partial charge in [0.05, 0.1) is 73.7 Å². The van der Waals surface area contributed by atoms with Gasteiger partial charge in [0.1, 0.15) is 109 Å². The Hall–Kier alpha value is -4.38. The van der Waals surface area contributed by atoms with E-state index in [1.54, 1.807) is 45.4 Å². The van der Waals surface area contributed by atoms with E-state index in [9.17, 15) is 91.0 Å². The second kappa shape index (κ2) is 30.5. The van der Waals surface area contributed by atoms with E-state index in [0.29, 0.717) is 44.1 Å². The molecule has 16 rings (SSSR count). The molecule has 0 radical (unpaired) electrons. The molecule has 1 spiro atoms. The Morgan fingerprint density at radius 3 is 1.81 bits per heavy atom. The molecule has 15 aliphatic rings. The van der Waals surface area contributed by atoms with Gasteiger partial charge in [-0.15, -0.1) is 0 Å². The van der Waals surface area contributed by atoms with Crippen molar-refractivity contribution < 1.29 is 157 Å². The zero-order chi connectivity index (χ0) is 85.9. The molecule has 40 atom stereocenters. The first kappa shape index (κ1) is 88.5. The summed E-state index contributed by atoms with van der Waals surface area (Å²) in [5.41, 5.74) is -5.33. The Kier molecular flexibility index (Phi) is 22.8. The van der Waals surface area contributed by atoms with Crippen LogP contribution in [0.5, 0.6) is 0 Å². The predicted octanol–water partition coefficient (Wildman–Crippen LogP) is 2.53. The molecule has 0 aromatic carbocycles. The number of fused-ring (bicyclic) bond motifs is 10. The van der Waals surface area contributed by atoms with Crippen molar-refractivity contribution in [2.24, 2.45) is 77.8 Å². The van der Waals surface area contributed by atoms with Crippen LogP contribution in [0.4, 0.5) is 0 Å². The highest BCUT2D eigenvalue weighted by atomic mass is 16.8. The number of furan rings is 1. The van der Waals surface area contributed by atoms with Gasteiger partial charge >= 0.3 is 11.9 Å². The zero-order valence-corrected chi connectivity index (χ0v) is 70.0. The summed E-state index contributed by atoms with van der Waals surface area (Å²) in [6.45, 7) is 28.0. The maximum absolute atomic E-state index is 15.4. The standard InChI is InChI=1S/C58H94O25.C28H32O7/c1-23-44(80-47-40(69)34(63)27(60)21-74-47)38(67)42(71)48(76-23)79-33-13-14-55(7)30(54(33,5)6)12-15-56(8)31(55)11-10-25-26-18-53(3,4)16-17-58(26,32(62)19-57(25,56)9)52(73)83-51-46(35(64)28(61)22-75-51)82-49-43(72)39(68)45(24(2)77-49)81-50-41(70)37(66)36(65)29(20-59)78-50;1-14(29)34-17-12-26(5)16(15-8-10-33-13-15)11-19-28(26,35-19)27(6)21(17)25(4)9-7-18(30)24(2,3)22(25)20(31)23(27)32/h10,23-24,26-51,59-72H,11-22H2,1-9H3;7-10,13,16-17,19,21,31H,11-12H2,1-6H3. The van der Waals surface area contributed by atoms with E-state index in [0.717, 1.165) is 30.4 Å². The fraction of sp³-hybridized carbons (Fsp3) is 0.837. The number of carbonyl (C=O) groups excluding carboxylic acids is 4. The Morgan fingerprint density at radius 2 is 1.19 bits per heavy atom. The van der Waals surface area contributed by atoms with Crippen LogP contribution < -0.4 is 0 Å². The normalized spacial score (nSPS) is 52.7. The molecule has 6 saturated heterocycles. The Labute approximate surface area is 686 Å². The van der Waals surface area contributed by atoms with Crippen LogP contribution in [0.3, 0.4) is 0 Å². The predicted molar refractivity (Wildman–Crippen MR) is 406 cm³/mol. The minimum Gasteiger partial charge on any atom is -0.504 e. The van der Waals surface area contributed by atoms with E-state index >= 15 is 4.79 Å². The van der Waals surface area contributed by atoms with Gasteiger partial charge in [-0.1, -0.05) is 80.0 Å². The monoisotopic (exact) mass is 1670 g/mol. The van der Waals surface area contributed by atoms with Crippen LogP contribution in [-0.4, -0.2) is 291 Å². The molecule has 6 saturated carbocycles. The third-order valence-electron chi connectivity index (χ3n) is 33.1. The van der Waals surface area contributed by atoms with Crippen molar-refractivity contribution in [1.82, 2.24) is 0 Å². The number of rotatable bonds is 13. The molecule has 40 unspecified atom stereocenters. The van der Waals surface area contributed by atoms with Crippen molar-refractivity contribution >= 4 is 23.5 Å². The van der Waals surface area contributed by atoms with Crippen molar-refractivity contribution in [1.29, 1.82) is 0 Å². The molecular formula is C86H126O32. The molecule has 32 heteroatoms. The first-order valence-corrected chi connectivity index (χ1v) is 42.3. The van der Waals surface area contributed by atoms with Gasteiger partial charge < -0.3 is 138 Å². The fourth-order valence-electron chi connectivity index (χ4n) is 26.7. The molecule has 9 aliphatic carbocycles. The average Bonchev–Trinajstić information content (AvgIpc) is 1.45. The fourth-order valence-corrected chi connectivity index (χ4v) is 26.7. The number of ketones is 2. The number of hydrogen-bond donors (Lipinski definition) is 15. The van der Waals surface area contributed by atoms with E-state index in [4.69, 9.17) is 61.3 Å². The molecule has 32 nitrogen and oxygen atoms in total. The number of aliphatic hydroxyl groups excluding tert-OH is 15. The zero-order valence-electron chi connectivity index (χ0n) is 70.0. The van der Waals surface area contributed by atoms with E-state index in [1.807, 2.05) is 19.9 Å². The highest BCUT2D eigenvalue weighted by Crippen LogP contribution is 2.82. The maximum Gasteiger partial charge on any atom is 0.317 e. The molecule has 12 fully saturated rings. The third-order valence-corrected chi connectivity index (χ3v) is 33.1. The number of allylic oxidation sites excluding steroid dienone is 6. The van der Waals surface area contributed by atoms with E-state index in [-0.39, 0.29) is 71.1 Å². The van der Waals surface area contributed by atoms with Crippen molar-refractivity contribution in [3.8, 4) is 0 Å². The molecule has 0 amide bonds. The number of epoxide rings is 1. The summed E-state index contributed by atoms with van der Waals surface area (Å²) in [6, 6.07) is 1.95. The van der Waals surface area contributed by atoms with Gasteiger partial charge in [-0.3, -0.25) is 19.2 Å². The molecule has 0 bridgehead atoms. The number of aliphatic hydroxyl groups is 15. The van der Waals surface area contributed by atoms with Crippen LogP contribution in [0.15, 0.2) is 58.1 Å². The second-order valence-corrected chi connectivity index (χ2v) is 40.6. The molecule has 15 N–H and O–H groups in total.